The van der Waals surface area contributed by atoms with Gasteiger partial charge in [-0.25, -0.2) is 0 Å². The van der Waals surface area contributed by atoms with Crippen molar-refractivity contribution in [3.63, 3.8) is 0 Å². The van der Waals surface area contributed by atoms with E-state index in [0.29, 0.717) is 30.6 Å². The van der Waals surface area contributed by atoms with E-state index in [1.807, 2.05) is 20.8 Å². The highest BCUT2D eigenvalue weighted by molar-refractivity contribution is 5.17. The lowest BCUT2D eigenvalue weighted by Gasteiger charge is -2.43. The third kappa shape index (κ3) is 4.28. The van der Waals surface area contributed by atoms with E-state index < -0.39 is 72.3 Å². The average Bonchev–Trinajstić information content (AvgIpc) is 3.69. The van der Waals surface area contributed by atoms with Crippen molar-refractivity contribution in [3.05, 3.63) is 0 Å². The lowest BCUT2D eigenvalue weighted by molar-refractivity contribution is -0.412. The molecule has 14 atom stereocenters. The Kier molecular flexibility index (Phi) is 7.63. The topological polar surface area (TPSA) is 79.2 Å². The molecule has 0 aromatic carbocycles. The van der Waals surface area contributed by atoms with E-state index in [0.717, 1.165) is 6.42 Å². The van der Waals surface area contributed by atoms with Crippen molar-refractivity contribution < 1.29 is 68.7 Å². The third-order valence-electron chi connectivity index (χ3n) is 12.6. The Labute approximate surface area is 242 Å². The normalized spacial score (nSPS) is 53.4. The van der Waals surface area contributed by atoms with Gasteiger partial charge in [-0.05, 0) is 84.9 Å². The van der Waals surface area contributed by atoms with Gasteiger partial charge in [-0.1, -0.05) is 27.7 Å². The molecule has 2 heterocycles. The molecule has 5 nitrogen and oxygen atoms in total. The fourth-order valence-corrected chi connectivity index (χ4v) is 9.57. The first-order chi connectivity index (χ1) is 19.4. The minimum atomic E-state index is -5.68. The maximum Gasteiger partial charge on any atom is 0.449 e. The van der Waals surface area contributed by atoms with Crippen LogP contribution < -0.4 is 0 Å². The molecule has 6 fully saturated rings. The lowest BCUT2D eigenvalue weighted by atomic mass is 9.67. The Morgan fingerprint density at radius 1 is 0.581 bits per heavy atom. The number of fused-ring (bicyclic) bond motifs is 4. The predicted octanol–water partition coefficient (Wildman–Crippen LogP) is 6.01. The largest absolute Gasteiger partial charge is 0.449 e. The van der Waals surface area contributed by atoms with E-state index in [1.54, 1.807) is 0 Å². The standard InChI is InChI=1S/C14H19F5O3.C14H19F5O2/c1-6-7(2)9-3-8(6)4-10(9)11(20)5-22-13(21,12(11,15)16)14(17,18)19;1-6-7(2)9-3-8(6)4-10(9)11-5-21-13(20,12(11,15)16)14(17,18)19/h6-10,20-21H,3-5H2,1-2H3;6-11,20H,3-5H2,1-2H3. The zero-order chi connectivity index (χ0) is 32.5. The summed E-state index contributed by atoms with van der Waals surface area (Å²) in [7, 11) is 0. The summed E-state index contributed by atoms with van der Waals surface area (Å²) >= 11 is 0. The molecule has 4 aliphatic carbocycles. The summed E-state index contributed by atoms with van der Waals surface area (Å²) in [4.78, 5) is 0. The Morgan fingerprint density at radius 2 is 1.05 bits per heavy atom. The average molecular weight is 645 g/mol. The molecule has 43 heavy (non-hydrogen) atoms. The second-order valence-corrected chi connectivity index (χ2v) is 14.1. The van der Waals surface area contributed by atoms with Crippen molar-refractivity contribution in [2.45, 2.75) is 94.8 Å². The van der Waals surface area contributed by atoms with Crippen molar-refractivity contribution in [3.8, 4) is 0 Å². The molecule has 0 aromatic heterocycles. The fourth-order valence-electron chi connectivity index (χ4n) is 9.57. The molecule has 3 N–H and O–H groups in total. The quantitative estimate of drug-likeness (QED) is 0.321. The van der Waals surface area contributed by atoms with Crippen LogP contribution in [0.4, 0.5) is 43.9 Å². The Hall–Kier alpha value is -0.900. The molecule has 4 bridgehead atoms. The molecule has 0 spiro atoms. The molecular formula is C28H38F10O5. The maximum atomic E-state index is 14.4. The van der Waals surface area contributed by atoms with Gasteiger partial charge in [0.25, 0.3) is 0 Å². The molecule has 0 radical (unpaired) electrons. The van der Waals surface area contributed by atoms with E-state index >= 15 is 0 Å². The highest BCUT2D eigenvalue weighted by atomic mass is 19.4. The van der Waals surface area contributed by atoms with Gasteiger partial charge in [0.15, 0.2) is 5.60 Å². The molecule has 14 unspecified atom stereocenters. The first-order valence-electron chi connectivity index (χ1n) is 14.7. The predicted molar refractivity (Wildman–Crippen MR) is 128 cm³/mol. The van der Waals surface area contributed by atoms with Crippen LogP contribution in [-0.4, -0.2) is 69.9 Å². The fraction of sp³-hybridized carbons (Fsp3) is 1.00. The van der Waals surface area contributed by atoms with Gasteiger partial charge in [0.1, 0.15) is 0 Å². The van der Waals surface area contributed by atoms with Gasteiger partial charge in [0, 0.05) is 0 Å². The first kappa shape index (κ1) is 33.5. The molecule has 2 aliphatic heterocycles. The summed E-state index contributed by atoms with van der Waals surface area (Å²) in [6.07, 6.45) is -9.02. The van der Waals surface area contributed by atoms with Gasteiger partial charge in [-0.15, -0.1) is 0 Å². The minimum absolute atomic E-state index is 0.0000543. The van der Waals surface area contributed by atoms with Crippen LogP contribution in [0.5, 0.6) is 0 Å². The van der Waals surface area contributed by atoms with Crippen LogP contribution in [0.1, 0.15) is 53.4 Å². The summed E-state index contributed by atoms with van der Waals surface area (Å²) in [6.45, 7) is 5.95. The van der Waals surface area contributed by atoms with Crippen LogP contribution in [0.3, 0.4) is 0 Å². The van der Waals surface area contributed by atoms with Gasteiger partial charge >= 0.3 is 35.8 Å². The summed E-state index contributed by atoms with van der Waals surface area (Å²) in [6, 6.07) is 0. The summed E-state index contributed by atoms with van der Waals surface area (Å²) in [5.41, 5.74) is -2.99. The summed E-state index contributed by atoms with van der Waals surface area (Å²) in [5.74, 6) is -20.0. The van der Waals surface area contributed by atoms with Crippen LogP contribution in [0.15, 0.2) is 0 Å². The number of aliphatic hydroxyl groups is 3. The smallest absolute Gasteiger partial charge is 0.381 e. The van der Waals surface area contributed by atoms with Gasteiger partial charge < -0.3 is 24.8 Å². The van der Waals surface area contributed by atoms with Crippen molar-refractivity contribution in [1.82, 2.24) is 0 Å². The molecular weight excluding hydrogens is 606 g/mol. The van der Waals surface area contributed by atoms with Crippen LogP contribution >= 0.6 is 0 Å². The van der Waals surface area contributed by atoms with Gasteiger partial charge in [0.2, 0.25) is 0 Å². The van der Waals surface area contributed by atoms with E-state index in [4.69, 9.17) is 0 Å². The van der Waals surface area contributed by atoms with Crippen molar-refractivity contribution >= 4 is 0 Å². The molecule has 6 aliphatic rings. The Morgan fingerprint density at radius 3 is 1.44 bits per heavy atom. The second-order valence-electron chi connectivity index (χ2n) is 14.1. The summed E-state index contributed by atoms with van der Waals surface area (Å²) in [5, 5.41) is 29.2. The maximum absolute atomic E-state index is 14.4. The Bertz CT molecular complexity index is 1080. The molecule has 0 aromatic rings. The van der Waals surface area contributed by atoms with Crippen molar-refractivity contribution in [1.29, 1.82) is 0 Å². The first-order valence-corrected chi connectivity index (χ1v) is 14.7. The van der Waals surface area contributed by atoms with E-state index in [9.17, 15) is 59.2 Å². The summed E-state index contributed by atoms with van der Waals surface area (Å²) < 4.78 is 142. The lowest BCUT2D eigenvalue weighted by Crippen LogP contribution is -2.66. The highest BCUT2D eigenvalue weighted by Gasteiger charge is 2.84. The molecule has 2 saturated heterocycles. The molecule has 15 heteroatoms. The van der Waals surface area contributed by atoms with Crippen molar-refractivity contribution in [2.75, 3.05) is 13.2 Å². The van der Waals surface area contributed by atoms with Crippen LogP contribution in [0.2, 0.25) is 0 Å². The third-order valence-corrected chi connectivity index (χ3v) is 12.6. The van der Waals surface area contributed by atoms with Gasteiger partial charge in [-0.2, -0.15) is 43.9 Å². The Balaban J connectivity index is 0.000000171. The SMILES string of the molecule is CC1C2CC(C1C)C(C1(O)COC(O)(C(F)(F)F)C1(F)F)C2.CC1C2CC(C1C)C(C1COC(O)(C(F)(F)F)C1(F)F)C2. The zero-order valence-electron chi connectivity index (χ0n) is 24.0. The van der Waals surface area contributed by atoms with Gasteiger partial charge in [-0.3, -0.25) is 0 Å². The number of halogens is 10. The zero-order valence-corrected chi connectivity index (χ0v) is 24.0. The van der Waals surface area contributed by atoms with Crippen molar-refractivity contribution in [2.24, 2.45) is 65.1 Å². The highest BCUT2D eigenvalue weighted by Crippen LogP contribution is 2.65. The monoisotopic (exact) mass is 644 g/mol. The second kappa shape index (κ2) is 9.80. The van der Waals surface area contributed by atoms with E-state index in [-0.39, 0.29) is 36.0 Å². The van der Waals surface area contributed by atoms with E-state index in [2.05, 4.69) is 16.4 Å². The van der Waals surface area contributed by atoms with E-state index in [1.165, 1.54) is 0 Å². The van der Waals surface area contributed by atoms with Gasteiger partial charge in [0.05, 0.1) is 19.1 Å². The van der Waals surface area contributed by atoms with Crippen LogP contribution in [-0.2, 0) is 9.47 Å². The number of hydrogen-bond acceptors (Lipinski definition) is 5. The minimum Gasteiger partial charge on any atom is -0.381 e. The van der Waals surface area contributed by atoms with Crippen LogP contribution in [0.25, 0.3) is 0 Å². The molecule has 0 amide bonds. The number of rotatable bonds is 2. The van der Waals surface area contributed by atoms with Crippen LogP contribution in [0, 0.1) is 65.1 Å². The molecule has 250 valence electrons. The number of ether oxygens (including phenoxy) is 2. The number of alkyl halides is 10. The molecule has 4 saturated carbocycles. The number of hydrogen-bond donors (Lipinski definition) is 3. The molecule has 6 rings (SSSR count).